The van der Waals surface area contributed by atoms with Crippen molar-refractivity contribution in [2.24, 2.45) is 0 Å². The summed E-state index contributed by atoms with van der Waals surface area (Å²) in [6.45, 7) is 8.76. The molecule has 0 saturated heterocycles. The second-order valence-electron chi connectivity index (χ2n) is 6.92. The van der Waals surface area contributed by atoms with Crippen LogP contribution in [-0.2, 0) is 11.4 Å². The SMILES string of the molecule is CCC(=O)Sc1cccc(C2CC2)c1COc1cc(C)c(C)cc1C. The second kappa shape index (κ2) is 7.65. The van der Waals surface area contributed by atoms with Crippen LogP contribution >= 0.6 is 11.8 Å². The van der Waals surface area contributed by atoms with Crippen LogP contribution in [0.3, 0.4) is 0 Å². The fraction of sp³-hybridized carbons (Fsp3) is 0.409. The Balaban J connectivity index is 1.88. The Hall–Kier alpha value is -1.74. The van der Waals surface area contributed by atoms with E-state index in [9.17, 15) is 4.79 Å². The Labute approximate surface area is 155 Å². The average molecular weight is 355 g/mol. The Kier molecular flexibility index (Phi) is 5.53. The first kappa shape index (κ1) is 18.1. The standard InChI is InChI=1S/C22H26O2S/c1-5-22(23)25-21-8-6-7-18(17-9-10-17)19(21)13-24-20-12-15(3)14(2)11-16(20)4/h6-8,11-12,17H,5,9-10,13H2,1-4H3. The van der Waals surface area contributed by atoms with Gasteiger partial charge in [-0.25, -0.2) is 0 Å². The fourth-order valence-corrected chi connectivity index (χ4v) is 3.88. The molecule has 2 nitrogen and oxygen atoms in total. The van der Waals surface area contributed by atoms with E-state index in [0.717, 1.165) is 16.2 Å². The van der Waals surface area contributed by atoms with Gasteiger partial charge < -0.3 is 4.74 Å². The van der Waals surface area contributed by atoms with Gasteiger partial charge in [0.2, 0.25) is 0 Å². The molecule has 2 aromatic carbocycles. The molecule has 2 aromatic rings. The molecule has 1 aliphatic carbocycles. The summed E-state index contributed by atoms with van der Waals surface area (Å²) in [5.74, 6) is 1.57. The molecule has 132 valence electrons. The number of benzene rings is 2. The van der Waals surface area contributed by atoms with Crippen LogP contribution in [-0.4, -0.2) is 5.12 Å². The summed E-state index contributed by atoms with van der Waals surface area (Å²) in [6.07, 6.45) is 3.03. The van der Waals surface area contributed by atoms with Gasteiger partial charge >= 0.3 is 0 Å². The number of carbonyl (C=O) groups is 1. The molecule has 3 rings (SSSR count). The Bertz CT molecular complexity index is 791. The Morgan fingerprint density at radius 3 is 2.52 bits per heavy atom. The highest BCUT2D eigenvalue weighted by Gasteiger charge is 2.27. The normalized spacial score (nSPS) is 13.8. The first-order valence-corrected chi connectivity index (χ1v) is 9.84. The minimum atomic E-state index is 0.205. The minimum Gasteiger partial charge on any atom is -0.489 e. The lowest BCUT2D eigenvalue weighted by atomic mass is 10.0. The van der Waals surface area contributed by atoms with E-state index in [4.69, 9.17) is 4.74 Å². The molecule has 0 amide bonds. The van der Waals surface area contributed by atoms with E-state index in [1.807, 2.05) is 6.92 Å². The molecule has 0 bridgehead atoms. The van der Waals surface area contributed by atoms with Gasteiger partial charge in [-0.2, -0.15) is 0 Å². The molecule has 0 aliphatic heterocycles. The smallest absolute Gasteiger partial charge is 0.193 e. The van der Waals surface area contributed by atoms with Crippen molar-refractivity contribution in [3.63, 3.8) is 0 Å². The van der Waals surface area contributed by atoms with Crippen molar-refractivity contribution in [1.82, 2.24) is 0 Å². The zero-order valence-corrected chi connectivity index (χ0v) is 16.3. The van der Waals surface area contributed by atoms with Crippen LogP contribution in [0.5, 0.6) is 5.75 Å². The van der Waals surface area contributed by atoms with Crippen LogP contribution in [0, 0.1) is 20.8 Å². The van der Waals surface area contributed by atoms with Crippen molar-refractivity contribution < 1.29 is 9.53 Å². The summed E-state index contributed by atoms with van der Waals surface area (Å²) in [5, 5.41) is 0.205. The van der Waals surface area contributed by atoms with Crippen molar-refractivity contribution in [1.29, 1.82) is 0 Å². The lowest BCUT2D eigenvalue weighted by Gasteiger charge is -2.17. The maximum Gasteiger partial charge on any atom is 0.193 e. The second-order valence-corrected chi connectivity index (χ2v) is 8.02. The van der Waals surface area contributed by atoms with Gasteiger partial charge in [0, 0.05) is 16.9 Å². The van der Waals surface area contributed by atoms with Crippen LogP contribution in [0.1, 0.15) is 59.9 Å². The van der Waals surface area contributed by atoms with E-state index in [2.05, 4.69) is 51.1 Å². The predicted molar refractivity (Wildman–Crippen MR) is 105 cm³/mol. The number of carbonyl (C=O) groups excluding carboxylic acids is 1. The number of thioether (sulfide) groups is 1. The lowest BCUT2D eigenvalue weighted by Crippen LogP contribution is -2.04. The number of aryl methyl sites for hydroxylation is 3. The quantitative estimate of drug-likeness (QED) is 0.587. The number of hydrogen-bond acceptors (Lipinski definition) is 3. The van der Waals surface area contributed by atoms with Crippen LogP contribution in [0.4, 0.5) is 0 Å². The summed E-state index contributed by atoms with van der Waals surface area (Å²) in [6, 6.07) is 10.6. The first-order valence-electron chi connectivity index (χ1n) is 9.02. The van der Waals surface area contributed by atoms with E-state index >= 15 is 0 Å². The van der Waals surface area contributed by atoms with Gasteiger partial charge in [-0.3, -0.25) is 4.79 Å². The largest absolute Gasteiger partial charge is 0.489 e. The maximum atomic E-state index is 12.0. The lowest BCUT2D eigenvalue weighted by molar-refractivity contribution is -0.110. The molecule has 0 radical (unpaired) electrons. The molecule has 0 N–H and O–H groups in total. The van der Waals surface area contributed by atoms with Crippen molar-refractivity contribution in [2.75, 3.05) is 0 Å². The van der Waals surface area contributed by atoms with Crippen LogP contribution in [0.2, 0.25) is 0 Å². The molecule has 0 spiro atoms. The molecular formula is C22H26O2S. The van der Waals surface area contributed by atoms with Crippen molar-refractivity contribution in [3.05, 3.63) is 58.1 Å². The monoisotopic (exact) mass is 354 g/mol. The molecule has 1 fully saturated rings. The van der Waals surface area contributed by atoms with Crippen LogP contribution < -0.4 is 4.74 Å². The molecule has 0 aromatic heterocycles. The van der Waals surface area contributed by atoms with Crippen LogP contribution in [0.25, 0.3) is 0 Å². The van der Waals surface area contributed by atoms with Crippen molar-refractivity contribution in [2.45, 2.75) is 64.4 Å². The molecule has 0 unspecified atom stereocenters. The van der Waals surface area contributed by atoms with Gasteiger partial charge in [0.15, 0.2) is 5.12 Å². The van der Waals surface area contributed by atoms with E-state index in [1.54, 1.807) is 0 Å². The predicted octanol–water partition coefficient (Wildman–Crippen LogP) is 6.10. The van der Waals surface area contributed by atoms with Crippen molar-refractivity contribution in [3.8, 4) is 5.75 Å². The third-order valence-corrected chi connectivity index (χ3v) is 5.98. The van der Waals surface area contributed by atoms with Crippen LogP contribution in [0.15, 0.2) is 35.2 Å². The number of ether oxygens (including phenoxy) is 1. The molecule has 0 atom stereocenters. The van der Waals surface area contributed by atoms with E-state index in [1.165, 1.54) is 46.9 Å². The van der Waals surface area contributed by atoms with E-state index in [0.29, 0.717) is 18.9 Å². The number of rotatable bonds is 6. The van der Waals surface area contributed by atoms with Gasteiger partial charge in [-0.05, 0) is 73.9 Å². The average Bonchev–Trinajstić information content (AvgIpc) is 3.42. The van der Waals surface area contributed by atoms with Gasteiger partial charge in [-0.1, -0.05) is 36.9 Å². The van der Waals surface area contributed by atoms with Crippen molar-refractivity contribution >= 4 is 16.9 Å². The summed E-state index contributed by atoms with van der Waals surface area (Å²) in [5.41, 5.74) is 6.23. The molecule has 25 heavy (non-hydrogen) atoms. The molecule has 1 aliphatic rings. The summed E-state index contributed by atoms with van der Waals surface area (Å²) >= 11 is 1.36. The van der Waals surface area contributed by atoms with Gasteiger partial charge in [-0.15, -0.1) is 0 Å². The summed E-state index contributed by atoms with van der Waals surface area (Å²) in [4.78, 5) is 13.0. The van der Waals surface area contributed by atoms with E-state index in [-0.39, 0.29) is 5.12 Å². The fourth-order valence-electron chi connectivity index (χ4n) is 3.04. The third-order valence-electron chi connectivity index (χ3n) is 4.86. The highest BCUT2D eigenvalue weighted by molar-refractivity contribution is 8.13. The third kappa shape index (κ3) is 4.27. The van der Waals surface area contributed by atoms with Gasteiger partial charge in [0.1, 0.15) is 12.4 Å². The molecule has 1 saturated carbocycles. The number of hydrogen-bond donors (Lipinski definition) is 0. The highest BCUT2D eigenvalue weighted by Crippen LogP contribution is 2.44. The molecular weight excluding hydrogens is 328 g/mol. The summed E-state index contributed by atoms with van der Waals surface area (Å²) < 4.78 is 6.21. The highest BCUT2D eigenvalue weighted by atomic mass is 32.2. The summed E-state index contributed by atoms with van der Waals surface area (Å²) in [7, 11) is 0. The Morgan fingerprint density at radius 1 is 1.12 bits per heavy atom. The van der Waals surface area contributed by atoms with Gasteiger partial charge in [0.25, 0.3) is 0 Å². The molecule has 3 heteroatoms. The zero-order chi connectivity index (χ0) is 18.0. The topological polar surface area (TPSA) is 26.3 Å². The van der Waals surface area contributed by atoms with E-state index < -0.39 is 0 Å². The first-order chi connectivity index (χ1) is 12.0. The maximum absolute atomic E-state index is 12.0. The molecule has 0 heterocycles. The minimum absolute atomic E-state index is 0.205. The Morgan fingerprint density at radius 2 is 1.84 bits per heavy atom. The zero-order valence-electron chi connectivity index (χ0n) is 15.5. The van der Waals surface area contributed by atoms with Gasteiger partial charge in [0.05, 0.1) is 0 Å².